The molecular weight excluding hydrogens is 263 g/mol. The smallest absolute Gasteiger partial charge is 0.410 e. The van der Waals surface area contributed by atoms with Crippen molar-refractivity contribution in [3.8, 4) is 0 Å². The van der Waals surface area contributed by atoms with Crippen molar-refractivity contribution in [1.82, 2.24) is 0 Å². The SMILES string of the molecule is ON=C(c1cccc(Br)c1)C(F)(F)F. The van der Waals surface area contributed by atoms with Gasteiger partial charge in [0.1, 0.15) is 0 Å². The van der Waals surface area contributed by atoms with Gasteiger partial charge in [-0.3, -0.25) is 0 Å². The fourth-order valence-electron chi connectivity index (χ4n) is 0.914. The third-order valence-electron chi connectivity index (χ3n) is 1.47. The van der Waals surface area contributed by atoms with Crippen molar-refractivity contribution >= 4 is 21.6 Å². The molecule has 1 aromatic carbocycles. The summed E-state index contributed by atoms with van der Waals surface area (Å²) < 4.78 is 37.2. The molecule has 76 valence electrons. The number of benzene rings is 1. The Hall–Kier alpha value is -1.04. The van der Waals surface area contributed by atoms with Gasteiger partial charge in [-0.15, -0.1) is 0 Å². The fourth-order valence-corrected chi connectivity index (χ4v) is 1.31. The van der Waals surface area contributed by atoms with E-state index in [4.69, 9.17) is 5.21 Å². The highest BCUT2D eigenvalue weighted by Crippen LogP contribution is 2.23. The van der Waals surface area contributed by atoms with Crippen molar-refractivity contribution in [2.24, 2.45) is 5.16 Å². The second-order valence-corrected chi connectivity index (χ2v) is 3.37. The van der Waals surface area contributed by atoms with E-state index in [1.165, 1.54) is 18.2 Å². The van der Waals surface area contributed by atoms with Crippen LogP contribution < -0.4 is 0 Å². The van der Waals surface area contributed by atoms with Crippen molar-refractivity contribution in [1.29, 1.82) is 0 Å². The molecule has 0 saturated heterocycles. The fraction of sp³-hybridized carbons (Fsp3) is 0.125. The highest BCUT2D eigenvalue weighted by atomic mass is 79.9. The van der Waals surface area contributed by atoms with Crippen LogP contribution >= 0.6 is 15.9 Å². The summed E-state index contributed by atoms with van der Waals surface area (Å²) in [4.78, 5) is 0. The van der Waals surface area contributed by atoms with Gasteiger partial charge in [-0.2, -0.15) is 13.2 Å². The summed E-state index contributed by atoms with van der Waals surface area (Å²) in [7, 11) is 0. The van der Waals surface area contributed by atoms with Crippen molar-refractivity contribution in [2.75, 3.05) is 0 Å². The molecule has 0 saturated carbocycles. The molecule has 0 aliphatic rings. The zero-order valence-corrected chi connectivity index (χ0v) is 8.30. The largest absolute Gasteiger partial charge is 0.437 e. The third-order valence-corrected chi connectivity index (χ3v) is 1.96. The van der Waals surface area contributed by atoms with Crippen LogP contribution in [0.15, 0.2) is 33.9 Å². The predicted molar refractivity (Wildman–Crippen MR) is 48.5 cm³/mol. The van der Waals surface area contributed by atoms with E-state index in [-0.39, 0.29) is 5.56 Å². The first-order valence-electron chi connectivity index (χ1n) is 3.50. The summed E-state index contributed by atoms with van der Waals surface area (Å²) in [5, 5.41) is 10.5. The minimum atomic E-state index is -4.66. The number of hydrogen-bond donors (Lipinski definition) is 1. The van der Waals surface area contributed by atoms with Crippen molar-refractivity contribution in [3.05, 3.63) is 34.3 Å². The van der Waals surface area contributed by atoms with Gasteiger partial charge in [0, 0.05) is 10.0 Å². The lowest BCUT2D eigenvalue weighted by Gasteiger charge is -2.08. The van der Waals surface area contributed by atoms with Gasteiger partial charge < -0.3 is 5.21 Å². The number of halogens is 4. The lowest BCUT2D eigenvalue weighted by atomic mass is 10.1. The lowest BCUT2D eigenvalue weighted by Crippen LogP contribution is -2.23. The van der Waals surface area contributed by atoms with Gasteiger partial charge >= 0.3 is 6.18 Å². The van der Waals surface area contributed by atoms with Gasteiger partial charge in [0.2, 0.25) is 0 Å². The molecule has 6 heteroatoms. The van der Waals surface area contributed by atoms with Crippen LogP contribution in [-0.2, 0) is 0 Å². The molecule has 1 aromatic rings. The van der Waals surface area contributed by atoms with E-state index in [0.29, 0.717) is 4.47 Å². The van der Waals surface area contributed by atoms with Crippen molar-refractivity contribution < 1.29 is 18.4 Å². The maximum atomic E-state index is 12.2. The van der Waals surface area contributed by atoms with Crippen LogP contribution in [0.3, 0.4) is 0 Å². The van der Waals surface area contributed by atoms with Crippen LogP contribution in [0.1, 0.15) is 5.56 Å². The van der Waals surface area contributed by atoms with E-state index < -0.39 is 11.9 Å². The summed E-state index contributed by atoms with van der Waals surface area (Å²) in [5.41, 5.74) is -1.49. The molecule has 0 spiro atoms. The molecule has 0 heterocycles. The molecule has 14 heavy (non-hydrogen) atoms. The summed E-state index contributed by atoms with van der Waals surface area (Å²) in [6.07, 6.45) is -4.66. The van der Waals surface area contributed by atoms with E-state index in [0.717, 1.165) is 0 Å². The summed E-state index contributed by atoms with van der Waals surface area (Å²) in [6.45, 7) is 0. The van der Waals surface area contributed by atoms with Crippen LogP contribution in [0.5, 0.6) is 0 Å². The molecule has 0 radical (unpaired) electrons. The van der Waals surface area contributed by atoms with Crippen LogP contribution in [0.2, 0.25) is 0 Å². The molecule has 0 unspecified atom stereocenters. The Labute approximate surface area is 86.2 Å². The average molecular weight is 268 g/mol. The summed E-state index contributed by atoms with van der Waals surface area (Å²) in [5.74, 6) is 0. The van der Waals surface area contributed by atoms with Crippen molar-refractivity contribution in [2.45, 2.75) is 6.18 Å². The van der Waals surface area contributed by atoms with Gasteiger partial charge in [-0.05, 0) is 12.1 Å². The van der Waals surface area contributed by atoms with Gasteiger partial charge in [0.05, 0.1) is 0 Å². The first kappa shape index (κ1) is 11.0. The Balaban J connectivity index is 3.16. The van der Waals surface area contributed by atoms with Gasteiger partial charge in [0.15, 0.2) is 5.71 Å². The molecule has 0 bridgehead atoms. The molecule has 0 aromatic heterocycles. The molecule has 1 rings (SSSR count). The number of alkyl halides is 3. The van der Waals surface area contributed by atoms with Crippen LogP contribution in [0, 0.1) is 0 Å². The van der Waals surface area contributed by atoms with E-state index in [1.807, 2.05) is 0 Å². The molecule has 0 amide bonds. The second kappa shape index (κ2) is 4.00. The molecule has 0 aliphatic heterocycles. The normalized spacial score (nSPS) is 13.0. The first-order chi connectivity index (χ1) is 6.45. The van der Waals surface area contributed by atoms with Crippen LogP contribution in [0.25, 0.3) is 0 Å². The Kier molecular flexibility index (Phi) is 3.15. The monoisotopic (exact) mass is 267 g/mol. The van der Waals surface area contributed by atoms with Crippen molar-refractivity contribution in [3.63, 3.8) is 0 Å². The van der Waals surface area contributed by atoms with E-state index in [2.05, 4.69) is 21.1 Å². The van der Waals surface area contributed by atoms with Gasteiger partial charge in [-0.1, -0.05) is 33.2 Å². The Bertz CT molecular complexity index is 362. The topological polar surface area (TPSA) is 32.6 Å². The number of hydrogen-bond acceptors (Lipinski definition) is 2. The zero-order chi connectivity index (χ0) is 10.8. The first-order valence-corrected chi connectivity index (χ1v) is 4.29. The standard InChI is InChI=1S/C8H5BrF3NO/c9-6-3-1-2-5(4-6)7(13-14)8(10,11)12/h1-4,14H. The molecule has 0 atom stereocenters. The zero-order valence-electron chi connectivity index (χ0n) is 6.72. The number of rotatable bonds is 1. The maximum absolute atomic E-state index is 12.2. The molecule has 2 nitrogen and oxygen atoms in total. The third kappa shape index (κ3) is 2.47. The van der Waals surface area contributed by atoms with E-state index in [1.54, 1.807) is 6.07 Å². The minimum Gasteiger partial charge on any atom is -0.410 e. The number of nitrogens with zero attached hydrogens (tertiary/aromatic N) is 1. The lowest BCUT2D eigenvalue weighted by molar-refractivity contribution is -0.0601. The summed E-state index contributed by atoms with van der Waals surface area (Å²) >= 11 is 3.02. The maximum Gasteiger partial charge on any atom is 0.437 e. The van der Waals surface area contributed by atoms with Crippen LogP contribution in [0.4, 0.5) is 13.2 Å². The Morgan fingerprint density at radius 3 is 2.43 bits per heavy atom. The Morgan fingerprint density at radius 1 is 1.36 bits per heavy atom. The number of oxime groups is 1. The quantitative estimate of drug-likeness (QED) is 0.473. The second-order valence-electron chi connectivity index (χ2n) is 2.46. The van der Waals surface area contributed by atoms with Gasteiger partial charge in [-0.25, -0.2) is 0 Å². The van der Waals surface area contributed by atoms with Gasteiger partial charge in [0.25, 0.3) is 0 Å². The highest BCUT2D eigenvalue weighted by Gasteiger charge is 2.37. The van der Waals surface area contributed by atoms with Crippen LogP contribution in [-0.4, -0.2) is 17.1 Å². The molecular formula is C8H5BrF3NO. The highest BCUT2D eigenvalue weighted by molar-refractivity contribution is 9.10. The average Bonchev–Trinajstić information content (AvgIpc) is 2.02. The predicted octanol–water partition coefficient (Wildman–Crippen LogP) is 3.19. The molecule has 0 fully saturated rings. The molecule has 1 N–H and O–H groups in total. The Morgan fingerprint density at radius 2 is 2.00 bits per heavy atom. The summed E-state index contributed by atoms with van der Waals surface area (Å²) in [6, 6.07) is 5.45. The molecule has 0 aliphatic carbocycles. The van der Waals surface area contributed by atoms with E-state index in [9.17, 15) is 13.2 Å². The van der Waals surface area contributed by atoms with E-state index >= 15 is 0 Å². The minimum absolute atomic E-state index is 0.186.